The van der Waals surface area contributed by atoms with Crippen LogP contribution in [0.2, 0.25) is 5.02 Å². The first-order valence-corrected chi connectivity index (χ1v) is 11.7. The van der Waals surface area contributed by atoms with Crippen LogP contribution in [0.1, 0.15) is 70.5 Å². The Labute approximate surface area is 207 Å². The average molecular weight is 488 g/mol. The van der Waals surface area contributed by atoms with Gasteiger partial charge < -0.3 is 14.2 Å². The number of aryl methyl sites for hydroxylation is 2. The Morgan fingerprint density at radius 2 is 1.82 bits per heavy atom. The Hall–Kier alpha value is -2.98. The summed E-state index contributed by atoms with van der Waals surface area (Å²) in [5, 5.41) is 14.8. The maximum absolute atomic E-state index is 12.1. The molecule has 2 unspecified atom stereocenters. The van der Waals surface area contributed by atoms with Gasteiger partial charge in [0.25, 0.3) is 0 Å². The molecule has 0 spiro atoms. The second-order valence-electron chi connectivity index (χ2n) is 9.39. The number of nitriles is 1. The first kappa shape index (κ1) is 27.3. The summed E-state index contributed by atoms with van der Waals surface area (Å²) in [7, 11) is 1.71. The molecule has 184 valence electrons. The predicted molar refractivity (Wildman–Crippen MR) is 133 cm³/mol. The lowest BCUT2D eigenvalue weighted by Crippen LogP contribution is -2.21. The minimum Gasteiger partial charge on any atom is -0.451 e. The molecule has 0 aliphatic rings. The zero-order valence-electron chi connectivity index (χ0n) is 21.2. The molecule has 2 atom stereocenters. The molecule has 8 heteroatoms. The van der Waals surface area contributed by atoms with Gasteiger partial charge in [0.05, 0.1) is 17.3 Å². The number of ether oxygens (including phenoxy) is 3. The molecule has 0 amide bonds. The Bertz CT molecular complexity index is 1080. The summed E-state index contributed by atoms with van der Waals surface area (Å²) in [5.41, 5.74) is 2.99. The Morgan fingerprint density at radius 1 is 1.21 bits per heavy atom. The van der Waals surface area contributed by atoms with Crippen molar-refractivity contribution < 1.29 is 19.0 Å². The maximum atomic E-state index is 12.1. The van der Waals surface area contributed by atoms with Gasteiger partial charge in [-0.2, -0.15) is 10.4 Å². The molecule has 2 aromatic rings. The fraction of sp³-hybridized carbons (Fsp3) is 0.500. The number of rotatable bonds is 8. The highest BCUT2D eigenvalue weighted by atomic mass is 35.5. The van der Waals surface area contributed by atoms with Crippen molar-refractivity contribution in [2.75, 3.05) is 6.61 Å². The number of halogens is 1. The predicted octanol–water partition coefficient (Wildman–Crippen LogP) is 6.63. The minimum absolute atomic E-state index is 0.0329. The summed E-state index contributed by atoms with van der Waals surface area (Å²) >= 11 is 6.53. The lowest BCUT2D eigenvalue weighted by atomic mass is 9.86. The standard InChI is InChI=1S/C26H34ClN3O4/c1-9-16(2)15-32-25(31)34-18(4)33-24(23-22(27)17(3)29-30(23)8)21(14-28)19-10-12-20(13-11-19)26(5,6)7/h10-13,16,18H,9,15H2,1-8H3/b24-21-. The molecule has 0 N–H and O–H groups in total. The minimum atomic E-state index is -1.04. The van der Waals surface area contributed by atoms with Gasteiger partial charge in [-0.05, 0) is 29.4 Å². The van der Waals surface area contributed by atoms with Gasteiger partial charge in [0, 0.05) is 14.0 Å². The van der Waals surface area contributed by atoms with Gasteiger partial charge >= 0.3 is 6.16 Å². The summed E-state index contributed by atoms with van der Waals surface area (Å²) < 4.78 is 18.0. The molecular weight excluding hydrogens is 454 g/mol. The second-order valence-corrected chi connectivity index (χ2v) is 9.77. The number of hydrogen-bond donors (Lipinski definition) is 0. The molecule has 1 aromatic heterocycles. The van der Waals surface area contributed by atoms with Crippen LogP contribution in [0.25, 0.3) is 11.3 Å². The monoisotopic (exact) mass is 487 g/mol. The normalized spacial score (nSPS) is 14.0. The topological polar surface area (TPSA) is 86.4 Å². The van der Waals surface area contributed by atoms with Crippen LogP contribution in [-0.2, 0) is 26.7 Å². The smallest absolute Gasteiger partial charge is 0.451 e. The summed E-state index contributed by atoms with van der Waals surface area (Å²) in [5.74, 6) is 0.387. The molecule has 7 nitrogen and oxygen atoms in total. The lowest BCUT2D eigenvalue weighted by Gasteiger charge is -2.21. The van der Waals surface area contributed by atoms with E-state index in [2.05, 4.69) is 31.9 Å². The van der Waals surface area contributed by atoms with Gasteiger partial charge in [-0.25, -0.2) is 4.79 Å². The third-order valence-corrected chi connectivity index (χ3v) is 5.92. The van der Waals surface area contributed by atoms with Crippen LogP contribution >= 0.6 is 11.6 Å². The van der Waals surface area contributed by atoms with E-state index in [0.29, 0.717) is 22.0 Å². The molecule has 0 saturated heterocycles. The van der Waals surface area contributed by atoms with Gasteiger partial charge in [-0.3, -0.25) is 4.68 Å². The third kappa shape index (κ3) is 6.77. The maximum Gasteiger partial charge on any atom is 0.511 e. The van der Waals surface area contributed by atoms with Gasteiger partial charge in [0.1, 0.15) is 17.3 Å². The lowest BCUT2D eigenvalue weighted by molar-refractivity contribution is -0.0694. The molecule has 0 saturated carbocycles. The molecule has 1 aromatic carbocycles. The Morgan fingerprint density at radius 3 is 2.29 bits per heavy atom. The van der Waals surface area contributed by atoms with Crippen molar-refractivity contribution in [1.82, 2.24) is 9.78 Å². The number of carbonyl (C=O) groups is 1. The van der Waals surface area contributed by atoms with Crippen molar-refractivity contribution in [3.8, 4) is 6.07 Å². The van der Waals surface area contributed by atoms with Crippen molar-refractivity contribution in [2.45, 2.75) is 66.6 Å². The van der Waals surface area contributed by atoms with E-state index in [1.54, 1.807) is 25.6 Å². The average Bonchev–Trinajstić information content (AvgIpc) is 3.02. The highest BCUT2D eigenvalue weighted by Gasteiger charge is 2.26. The van der Waals surface area contributed by atoms with Crippen LogP contribution < -0.4 is 0 Å². The van der Waals surface area contributed by atoms with Crippen molar-refractivity contribution >= 4 is 29.1 Å². The van der Waals surface area contributed by atoms with Gasteiger partial charge in [0.15, 0.2) is 5.76 Å². The van der Waals surface area contributed by atoms with E-state index >= 15 is 0 Å². The number of carbonyl (C=O) groups excluding carboxylic acids is 1. The van der Waals surface area contributed by atoms with Crippen LogP contribution in [0.5, 0.6) is 0 Å². The fourth-order valence-corrected chi connectivity index (χ4v) is 3.43. The molecular formula is C26H34ClN3O4. The van der Waals surface area contributed by atoms with Crippen LogP contribution in [0, 0.1) is 24.2 Å². The summed E-state index contributed by atoms with van der Waals surface area (Å²) in [4.78, 5) is 12.1. The number of hydrogen-bond acceptors (Lipinski definition) is 6. The van der Waals surface area contributed by atoms with E-state index in [4.69, 9.17) is 25.8 Å². The van der Waals surface area contributed by atoms with Gasteiger partial charge in [-0.15, -0.1) is 0 Å². The first-order chi connectivity index (χ1) is 15.9. The quantitative estimate of drug-likeness (QED) is 0.180. The Kier molecular flexibility index (Phi) is 9.17. The zero-order chi connectivity index (χ0) is 25.6. The van der Waals surface area contributed by atoms with Crippen LogP contribution in [0.15, 0.2) is 24.3 Å². The van der Waals surface area contributed by atoms with Crippen molar-refractivity contribution in [3.05, 3.63) is 51.8 Å². The first-order valence-electron chi connectivity index (χ1n) is 11.3. The number of aromatic nitrogens is 2. The van der Waals surface area contributed by atoms with E-state index in [9.17, 15) is 10.1 Å². The molecule has 0 aliphatic carbocycles. The van der Waals surface area contributed by atoms with E-state index in [0.717, 1.165) is 12.0 Å². The van der Waals surface area contributed by atoms with E-state index in [1.165, 1.54) is 0 Å². The highest BCUT2D eigenvalue weighted by molar-refractivity contribution is 6.33. The second kappa shape index (κ2) is 11.4. The molecule has 34 heavy (non-hydrogen) atoms. The SMILES string of the molecule is CCC(C)COC(=O)OC(C)O/C(=C(/C#N)c1ccc(C(C)(C)C)cc1)c1c(Cl)c(C)nn1C. The number of benzene rings is 1. The summed E-state index contributed by atoms with van der Waals surface area (Å²) in [6, 6.07) is 9.92. The van der Waals surface area contributed by atoms with E-state index < -0.39 is 12.4 Å². The van der Waals surface area contributed by atoms with Crippen molar-refractivity contribution in [3.63, 3.8) is 0 Å². The fourth-order valence-electron chi connectivity index (χ4n) is 3.18. The summed E-state index contributed by atoms with van der Waals surface area (Å²) in [6.45, 7) is 13.9. The number of nitrogens with zero attached hydrogens (tertiary/aromatic N) is 3. The molecule has 0 radical (unpaired) electrons. The molecule has 0 aliphatic heterocycles. The van der Waals surface area contributed by atoms with E-state index in [1.807, 2.05) is 38.1 Å². The van der Waals surface area contributed by atoms with Crippen LogP contribution in [0.4, 0.5) is 4.79 Å². The van der Waals surface area contributed by atoms with E-state index in [-0.39, 0.29) is 29.3 Å². The van der Waals surface area contributed by atoms with Crippen LogP contribution in [0.3, 0.4) is 0 Å². The van der Waals surface area contributed by atoms with Crippen LogP contribution in [-0.4, -0.2) is 28.8 Å². The van der Waals surface area contributed by atoms with Gasteiger partial charge in [-0.1, -0.05) is 76.9 Å². The Balaban J connectivity index is 2.46. The number of allylic oxidation sites excluding steroid dienone is 1. The third-order valence-electron chi connectivity index (χ3n) is 5.47. The molecule has 0 bridgehead atoms. The van der Waals surface area contributed by atoms with Crippen molar-refractivity contribution in [2.24, 2.45) is 13.0 Å². The molecule has 1 heterocycles. The van der Waals surface area contributed by atoms with Gasteiger partial charge in [0.2, 0.25) is 6.29 Å². The van der Waals surface area contributed by atoms with Crippen molar-refractivity contribution in [1.29, 1.82) is 5.26 Å². The largest absolute Gasteiger partial charge is 0.511 e. The molecule has 0 fully saturated rings. The highest BCUT2D eigenvalue weighted by Crippen LogP contribution is 2.35. The summed E-state index contributed by atoms with van der Waals surface area (Å²) in [6.07, 6.45) is -1.00. The molecule has 2 rings (SSSR count). The zero-order valence-corrected chi connectivity index (χ0v) is 22.0.